The third kappa shape index (κ3) is 4.97. The average molecular weight is 335 g/mol. The Balaban J connectivity index is 2.88. The maximum Gasteiger partial charge on any atom is 0.251 e. The number of anilines is 1. The molecule has 1 aromatic rings. The van der Waals surface area contributed by atoms with Gasteiger partial charge in [0.1, 0.15) is 0 Å². The molecule has 24 heavy (non-hydrogen) atoms. The Morgan fingerprint density at radius 3 is 2.33 bits per heavy atom. The molecule has 0 aliphatic rings. The fraction of sp³-hybridized carbons (Fsp3) is 0.650. The van der Waals surface area contributed by atoms with Crippen molar-refractivity contribution in [3.05, 3.63) is 29.3 Å². The normalized spacial score (nSPS) is 13.0. The highest BCUT2D eigenvalue weighted by atomic mass is 16.3. The number of hydrogen-bond acceptors (Lipinski definition) is 3. The molecule has 4 nitrogen and oxygen atoms in total. The van der Waals surface area contributed by atoms with Gasteiger partial charge >= 0.3 is 0 Å². The molecule has 3 N–H and O–H groups in total. The van der Waals surface area contributed by atoms with Gasteiger partial charge in [-0.3, -0.25) is 4.79 Å². The van der Waals surface area contributed by atoms with Crippen molar-refractivity contribution in [2.45, 2.75) is 60.4 Å². The Morgan fingerprint density at radius 2 is 1.83 bits per heavy atom. The summed E-state index contributed by atoms with van der Waals surface area (Å²) in [6, 6.07) is 6.12. The standard InChI is InChI=1S/C20H34N2O2/c1-7-20(8-2,13-23)12-21-19(24)17-10-9-11-18(15(17)5)22-16(6)14(3)4/h9-11,14,16,22-23H,7-8,12-13H2,1-6H3,(H,21,24)/t16-/m0/s1. The van der Waals surface area contributed by atoms with E-state index in [-0.39, 0.29) is 17.9 Å². The molecule has 0 unspecified atom stereocenters. The minimum absolute atomic E-state index is 0.0759. The number of benzene rings is 1. The average Bonchev–Trinajstić information content (AvgIpc) is 2.58. The van der Waals surface area contributed by atoms with Gasteiger partial charge in [0.2, 0.25) is 0 Å². The molecule has 1 amide bonds. The molecular weight excluding hydrogens is 300 g/mol. The summed E-state index contributed by atoms with van der Waals surface area (Å²) in [6.45, 7) is 13.2. The molecule has 0 bridgehead atoms. The zero-order chi connectivity index (χ0) is 18.3. The van der Waals surface area contributed by atoms with Crippen LogP contribution in [0.5, 0.6) is 0 Å². The van der Waals surface area contributed by atoms with E-state index >= 15 is 0 Å². The van der Waals surface area contributed by atoms with Crippen LogP contribution in [-0.4, -0.2) is 30.2 Å². The van der Waals surface area contributed by atoms with Crippen molar-refractivity contribution < 1.29 is 9.90 Å². The summed E-state index contributed by atoms with van der Waals surface area (Å²) in [5, 5.41) is 16.1. The fourth-order valence-electron chi connectivity index (χ4n) is 2.59. The minimum atomic E-state index is -0.231. The molecule has 0 aromatic heterocycles. The van der Waals surface area contributed by atoms with E-state index in [1.54, 1.807) is 0 Å². The summed E-state index contributed by atoms with van der Waals surface area (Å²) in [6.07, 6.45) is 1.68. The number of rotatable bonds is 9. The van der Waals surface area contributed by atoms with Crippen LogP contribution in [0.4, 0.5) is 5.69 Å². The molecule has 0 heterocycles. The molecule has 0 spiro atoms. The molecule has 1 atom stereocenters. The maximum absolute atomic E-state index is 12.6. The summed E-state index contributed by atoms with van der Waals surface area (Å²) in [5.41, 5.74) is 2.43. The van der Waals surface area contributed by atoms with Crippen LogP contribution >= 0.6 is 0 Å². The van der Waals surface area contributed by atoms with Gasteiger partial charge in [-0.1, -0.05) is 33.8 Å². The first-order valence-corrected chi connectivity index (χ1v) is 9.05. The first kappa shape index (κ1) is 20.5. The van der Waals surface area contributed by atoms with Gasteiger partial charge in [0.15, 0.2) is 0 Å². The second-order valence-corrected chi connectivity index (χ2v) is 7.20. The van der Waals surface area contributed by atoms with Crippen LogP contribution in [-0.2, 0) is 0 Å². The summed E-state index contributed by atoms with van der Waals surface area (Å²) in [4.78, 5) is 12.6. The van der Waals surface area contributed by atoms with Gasteiger partial charge in [-0.15, -0.1) is 0 Å². The molecule has 0 saturated carbocycles. The SMILES string of the molecule is CCC(CC)(CO)CNC(=O)c1cccc(N[C@@H](C)C(C)C)c1C. The van der Waals surface area contributed by atoms with E-state index in [9.17, 15) is 9.90 Å². The van der Waals surface area contributed by atoms with Crippen molar-refractivity contribution in [2.24, 2.45) is 11.3 Å². The predicted molar refractivity (Wildman–Crippen MR) is 102 cm³/mol. The maximum atomic E-state index is 12.6. The number of carbonyl (C=O) groups excluding carboxylic acids is 1. The predicted octanol–water partition coefficient (Wildman–Crippen LogP) is 3.98. The van der Waals surface area contributed by atoms with Crippen LogP contribution in [0.1, 0.15) is 63.4 Å². The highest BCUT2D eigenvalue weighted by molar-refractivity contribution is 5.97. The highest BCUT2D eigenvalue weighted by Gasteiger charge is 2.26. The Hall–Kier alpha value is -1.55. The van der Waals surface area contributed by atoms with Crippen molar-refractivity contribution in [3.63, 3.8) is 0 Å². The van der Waals surface area contributed by atoms with E-state index in [0.29, 0.717) is 24.1 Å². The van der Waals surface area contributed by atoms with Gasteiger partial charge in [0.05, 0.1) is 6.61 Å². The van der Waals surface area contributed by atoms with Gasteiger partial charge in [-0.05, 0) is 50.3 Å². The number of carbonyl (C=O) groups is 1. The quantitative estimate of drug-likeness (QED) is 0.640. The van der Waals surface area contributed by atoms with Crippen LogP contribution in [0.25, 0.3) is 0 Å². The van der Waals surface area contributed by atoms with Crippen LogP contribution in [0.2, 0.25) is 0 Å². The van der Waals surface area contributed by atoms with Crippen LogP contribution in [0.3, 0.4) is 0 Å². The summed E-state index contributed by atoms with van der Waals surface area (Å²) < 4.78 is 0. The minimum Gasteiger partial charge on any atom is -0.396 e. The molecular formula is C20H34N2O2. The molecule has 136 valence electrons. The smallest absolute Gasteiger partial charge is 0.251 e. The third-order valence-electron chi connectivity index (χ3n) is 5.42. The Morgan fingerprint density at radius 1 is 1.21 bits per heavy atom. The molecule has 1 rings (SSSR count). The zero-order valence-electron chi connectivity index (χ0n) is 16.1. The molecule has 0 saturated heterocycles. The second kappa shape index (κ2) is 9.07. The molecule has 4 heteroatoms. The number of hydrogen-bond donors (Lipinski definition) is 3. The topological polar surface area (TPSA) is 61.4 Å². The van der Waals surface area contributed by atoms with Crippen LogP contribution in [0.15, 0.2) is 18.2 Å². The first-order valence-electron chi connectivity index (χ1n) is 9.05. The lowest BCUT2D eigenvalue weighted by molar-refractivity contribution is 0.0850. The first-order chi connectivity index (χ1) is 11.3. The van der Waals surface area contributed by atoms with E-state index in [2.05, 4.69) is 45.3 Å². The Kier molecular flexibility index (Phi) is 7.74. The lowest BCUT2D eigenvalue weighted by Crippen LogP contribution is -2.39. The largest absolute Gasteiger partial charge is 0.396 e. The molecule has 0 aliphatic heterocycles. The van der Waals surface area contributed by atoms with E-state index in [1.165, 1.54) is 0 Å². The van der Waals surface area contributed by atoms with Crippen molar-refractivity contribution in [3.8, 4) is 0 Å². The zero-order valence-corrected chi connectivity index (χ0v) is 16.1. The molecule has 1 aromatic carbocycles. The molecule has 0 radical (unpaired) electrons. The number of nitrogens with one attached hydrogen (secondary N) is 2. The van der Waals surface area contributed by atoms with Gasteiger partial charge in [-0.25, -0.2) is 0 Å². The van der Waals surface area contributed by atoms with Gasteiger partial charge in [-0.2, -0.15) is 0 Å². The van der Waals surface area contributed by atoms with Crippen molar-refractivity contribution >= 4 is 11.6 Å². The van der Waals surface area contributed by atoms with Crippen molar-refractivity contribution in [1.29, 1.82) is 0 Å². The van der Waals surface area contributed by atoms with Crippen molar-refractivity contribution in [2.75, 3.05) is 18.5 Å². The lowest BCUT2D eigenvalue weighted by Gasteiger charge is -2.29. The van der Waals surface area contributed by atoms with Gasteiger partial charge in [0, 0.05) is 29.3 Å². The summed E-state index contributed by atoms with van der Waals surface area (Å²) in [5.74, 6) is 0.439. The number of aliphatic hydroxyl groups excluding tert-OH is 1. The number of aliphatic hydroxyl groups is 1. The van der Waals surface area contributed by atoms with Gasteiger partial charge in [0.25, 0.3) is 5.91 Å². The van der Waals surface area contributed by atoms with Crippen LogP contribution < -0.4 is 10.6 Å². The van der Waals surface area contributed by atoms with Crippen molar-refractivity contribution in [1.82, 2.24) is 5.32 Å². The van der Waals surface area contributed by atoms with Gasteiger partial charge < -0.3 is 15.7 Å². The van der Waals surface area contributed by atoms with E-state index in [0.717, 1.165) is 24.1 Å². The third-order valence-corrected chi connectivity index (χ3v) is 5.42. The van der Waals surface area contributed by atoms with E-state index < -0.39 is 0 Å². The number of amides is 1. The van der Waals surface area contributed by atoms with Crippen LogP contribution in [0, 0.1) is 18.3 Å². The highest BCUT2D eigenvalue weighted by Crippen LogP contribution is 2.25. The second-order valence-electron chi connectivity index (χ2n) is 7.20. The summed E-state index contributed by atoms with van der Waals surface area (Å²) >= 11 is 0. The lowest BCUT2D eigenvalue weighted by atomic mass is 9.83. The Bertz CT molecular complexity index is 528. The van der Waals surface area contributed by atoms with E-state index in [1.807, 2.05) is 25.1 Å². The molecule has 0 aliphatic carbocycles. The van der Waals surface area contributed by atoms with E-state index in [4.69, 9.17) is 0 Å². The molecule has 0 fully saturated rings. The fourth-order valence-corrected chi connectivity index (χ4v) is 2.59. The summed E-state index contributed by atoms with van der Waals surface area (Å²) in [7, 11) is 0. The monoisotopic (exact) mass is 334 g/mol. The Labute approximate surface area is 147 Å².